The first kappa shape index (κ1) is 13.9. The van der Waals surface area contributed by atoms with Crippen LogP contribution in [0.15, 0.2) is 42.5 Å². The zero-order valence-corrected chi connectivity index (χ0v) is 13.0. The molecule has 0 spiro atoms. The summed E-state index contributed by atoms with van der Waals surface area (Å²) in [6, 6.07) is 13.9. The maximum absolute atomic E-state index is 8.32. The smallest absolute Gasteiger partial charge is 0.163 e. The summed E-state index contributed by atoms with van der Waals surface area (Å²) >= 11 is 0. The van der Waals surface area contributed by atoms with Crippen molar-refractivity contribution in [2.75, 3.05) is 18.1 Å². The summed E-state index contributed by atoms with van der Waals surface area (Å²) < 4.78 is 11.1. The van der Waals surface area contributed by atoms with Crippen LogP contribution in [0.2, 0.25) is 0 Å². The van der Waals surface area contributed by atoms with E-state index in [-0.39, 0.29) is 17.0 Å². The third kappa shape index (κ3) is 2.27. The highest BCUT2D eigenvalue weighted by molar-refractivity contribution is 8.93. The number of anilines is 1. The number of rotatable bonds is 1. The Morgan fingerprint density at radius 3 is 2.52 bits per heavy atom. The molecule has 0 aromatic heterocycles. The zero-order chi connectivity index (χ0) is 13.5. The van der Waals surface area contributed by atoms with Gasteiger partial charge in [0.1, 0.15) is 19.0 Å². The summed E-state index contributed by atoms with van der Waals surface area (Å²) in [7, 11) is 0. The standard InChI is InChI=1S/C16H14N2O2.BrH/c17-16-13-4-2-1-3-11(13)10-18(16)12-5-6-14-15(9-12)20-8-7-19-14;/h1-6,9,17H,7-8,10H2;1H. The van der Waals surface area contributed by atoms with Gasteiger partial charge in [-0.25, -0.2) is 0 Å². The number of ether oxygens (including phenoxy) is 2. The van der Waals surface area contributed by atoms with Crippen LogP contribution in [0, 0.1) is 5.41 Å². The molecule has 0 unspecified atom stereocenters. The second kappa shape index (κ2) is 5.41. The molecule has 4 nitrogen and oxygen atoms in total. The maximum Gasteiger partial charge on any atom is 0.163 e. The van der Waals surface area contributed by atoms with Gasteiger partial charge < -0.3 is 14.4 Å². The van der Waals surface area contributed by atoms with E-state index >= 15 is 0 Å². The summed E-state index contributed by atoms with van der Waals surface area (Å²) in [5.74, 6) is 2.08. The molecule has 108 valence electrons. The van der Waals surface area contributed by atoms with Crippen LogP contribution in [-0.4, -0.2) is 19.0 Å². The number of nitrogens with zero attached hydrogens (tertiary/aromatic N) is 1. The minimum absolute atomic E-state index is 0. The topological polar surface area (TPSA) is 45.6 Å². The van der Waals surface area contributed by atoms with Gasteiger partial charge >= 0.3 is 0 Å². The van der Waals surface area contributed by atoms with Gasteiger partial charge in [0, 0.05) is 17.3 Å². The fourth-order valence-corrected chi connectivity index (χ4v) is 2.70. The summed E-state index contributed by atoms with van der Waals surface area (Å²) in [6.07, 6.45) is 0. The third-order valence-electron chi connectivity index (χ3n) is 3.71. The van der Waals surface area contributed by atoms with Crippen LogP contribution in [0.25, 0.3) is 0 Å². The number of halogens is 1. The Hall–Kier alpha value is -2.01. The van der Waals surface area contributed by atoms with Crippen LogP contribution in [0.4, 0.5) is 5.69 Å². The van der Waals surface area contributed by atoms with Crippen molar-refractivity contribution < 1.29 is 9.47 Å². The van der Waals surface area contributed by atoms with Crippen molar-refractivity contribution in [2.24, 2.45) is 0 Å². The lowest BCUT2D eigenvalue weighted by molar-refractivity contribution is 0.171. The SMILES string of the molecule is Br.N=C1c2ccccc2CN1c1ccc2c(c1)OCCO2. The van der Waals surface area contributed by atoms with Gasteiger partial charge in [0.2, 0.25) is 0 Å². The molecule has 0 atom stereocenters. The molecule has 0 saturated carbocycles. The fraction of sp³-hybridized carbons (Fsp3) is 0.188. The van der Waals surface area contributed by atoms with Crippen molar-refractivity contribution in [3.63, 3.8) is 0 Å². The predicted octanol–water partition coefficient (Wildman–Crippen LogP) is 3.38. The Morgan fingerprint density at radius 1 is 0.952 bits per heavy atom. The van der Waals surface area contributed by atoms with Crippen LogP contribution in [0.5, 0.6) is 11.5 Å². The van der Waals surface area contributed by atoms with Crippen molar-refractivity contribution in [1.29, 1.82) is 5.41 Å². The highest BCUT2D eigenvalue weighted by Gasteiger charge is 2.25. The van der Waals surface area contributed by atoms with E-state index in [4.69, 9.17) is 14.9 Å². The second-order valence-corrected chi connectivity index (χ2v) is 4.92. The van der Waals surface area contributed by atoms with Crippen LogP contribution >= 0.6 is 17.0 Å². The number of hydrogen-bond donors (Lipinski definition) is 1. The molecule has 21 heavy (non-hydrogen) atoms. The first-order valence-corrected chi connectivity index (χ1v) is 6.67. The molecule has 2 heterocycles. The zero-order valence-electron chi connectivity index (χ0n) is 11.3. The lowest BCUT2D eigenvalue weighted by Crippen LogP contribution is -2.23. The van der Waals surface area contributed by atoms with E-state index in [1.54, 1.807) is 0 Å². The second-order valence-electron chi connectivity index (χ2n) is 4.92. The fourth-order valence-electron chi connectivity index (χ4n) is 2.70. The monoisotopic (exact) mass is 346 g/mol. The Bertz CT molecular complexity index is 702. The number of fused-ring (bicyclic) bond motifs is 2. The molecule has 2 aromatic rings. The molecule has 2 aliphatic rings. The first-order valence-electron chi connectivity index (χ1n) is 6.67. The van der Waals surface area contributed by atoms with Gasteiger partial charge in [-0.05, 0) is 17.7 Å². The van der Waals surface area contributed by atoms with Crippen molar-refractivity contribution in [3.05, 3.63) is 53.6 Å². The molecule has 0 amide bonds. The lowest BCUT2D eigenvalue weighted by Gasteiger charge is -2.23. The average Bonchev–Trinajstić information content (AvgIpc) is 2.84. The molecular formula is C16H15BrN2O2. The quantitative estimate of drug-likeness (QED) is 0.860. The van der Waals surface area contributed by atoms with Gasteiger partial charge in [0.25, 0.3) is 0 Å². The minimum Gasteiger partial charge on any atom is -0.486 e. The van der Waals surface area contributed by atoms with Crippen LogP contribution in [-0.2, 0) is 6.54 Å². The van der Waals surface area contributed by atoms with Gasteiger partial charge in [0.15, 0.2) is 11.5 Å². The summed E-state index contributed by atoms with van der Waals surface area (Å²) in [5.41, 5.74) is 3.16. The van der Waals surface area contributed by atoms with Crippen molar-refractivity contribution >= 4 is 28.5 Å². The molecule has 2 aromatic carbocycles. The third-order valence-corrected chi connectivity index (χ3v) is 3.71. The molecule has 0 radical (unpaired) electrons. The van der Waals surface area contributed by atoms with Gasteiger partial charge in [-0.15, -0.1) is 17.0 Å². The predicted molar refractivity (Wildman–Crippen MR) is 87.2 cm³/mol. The Kier molecular flexibility index (Phi) is 3.59. The molecule has 0 aliphatic carbocycles. The van der Waals surface area contributed by atoms with Crippen molar-refractivity contribution in [3.8, 4) is 11.5 Å². The normalized spacial score (nSPS) is 15.4. The lowest BCUT2D eigenvalue weighted by atomic mass is 10.1. The Balaban J connectivity index is 0.00000132. The largest absolute Gasteiger partial charge is 0.486 e. The van der Waals surface area contributed by atoms with Gasteiger partial charge in [-0.2, -0.15) is 0 Å². The average molecular weight is 347 g/mol. The van der Waals surface area contributed by atoms with Crippen LogP contribution in [0.3, 0.4) is 0 Å². The van der Waals surface area contributed by atoms with E-state index in [0.717, 1.165) is 29.3 Å². The Labute approximate surface area is 133 Å². The molecular weight excluding hydrogens is 332 g/mol. The summed E-state index contributed by atoms with van der Waals surface area (Å²) in [5, 5.41) is 8.32. The first-order chi connectivity index (χ1) is 9.83. The molecule has 0 saturated heterocycles. The molecule has 1 N–H and O–H groups in total. The number of amidine groups is 1. The Morgan fingerprint density at radius 2 is 1.71 bits per heavy atom. The van der Waals surface area contributed by atoms with Gasteiger partial charge in [-0.1, -0.05) is 24.3 Å². The van der Waals surface area contributed by atoms with E-state index in [2.05, 4.69) is 6.07 Å². The number of hydrogen-bond acceptors (Lipinski definition) is 3. The number of nitrogens with one attached hydrogen (secondary N) is 1. The van der Waals surface area contributed by atoms with Crippen molar-refractivity contribution in [2.45, 2.75) is 6.54 Å². The van der Waals surface area contributed by atoms with Crippen LogP contribution < -0.4 is 14.4 Å². The number of benzene rings is 2. The molecule has 2 aliphatic heterocycles. The van der Waals surface area contributed by atoms with Crippen LogP contribution in [0.1, 0.15) is 11.1 Å². The van der Waals surface area contributed by atoms with Crippen molar-refractivity contribution in [1.82, 2.24) is 0 Å². The highest BCUT2D eigenvalue weighted by Crippen LogP contribution is 2.36. The molecule has 5 heteroatoms. The van der Waals surface area contributed by atoms with Gasteiger partial charge in [-0.3, -0.25) is 5.41 Å². The van der Waals surface area contributed by atoms with E-state index in [0.29, 0.717) is 19.0 Å². The molecule has 0 bridgehead atoms. The summed E-state index contributed by atoms with van der Waals surface area (Å²) in [4.78, 5) is 1.99. The highest BCUT2D eigenvalue weighted by atomic mass is 79.9. The van der Waals surface area contributed by atoms with E-state index in [9.17, 15) is 0 Å². The molecule has 4 rings (SSSR count). The van der Waals surface area contributed by atoms with E-state index in [1.807, 2.05) is 41.3 Å². The summed E-state index contributed by atoms with van der Waals surface area (Å²) in [6.45, 7) is 1.90. The van der Waals surface area contributed by atoms with E-state index in [1.165, 1.54) is 5.56 Å². The maximum atomic E-state index is 8.32. The van der Waals surface area contributed by atoms with E-state index < -0.39 is 0 Å². The van der Waals surface area contributed by atoms with Gasteiger partial charge in [0.05, 0.1) is 6.54 Å². The molecule has 0 fully saturated rings. The minimum atomic E-state index is 0.